The van der Waals surface area contributed by atoms with E-state index in [1.807, 2.05) is 37.3 Å². The Hall–Kier alpha value is -2.58. The minimum Gasteiger partial charge on any atom is -0.461 e. The van der Waals surface area contributed by atoms with Crippen molar-refractivity contribution >= 4 is 39.7 Å². The number of hydrogen-bond donors (Lipinski definition) is 1. The molecule has 6 nitrogen and oxygen atoms in total. The molecular formula is C18H17N3O3S2. The molecule has 8 heteroatoms. The third kappa shape index (κ3) is 4.33. The number of anilines is 1. The summed E-state index contributed by atoms with van der Waals surface area (Å²) in [6.07, 6.45) is 0.640. The molecule has 0 atom stereocenters. The highest BCUT2D eigenvalue weighted by Crippen LogP contribution is 2.24. The van der Waals surface area contributed by atoms with E-state index in [-0.39, 0.29) is 18.2 Å². The van der Waals surface area contributed by atoms with Crippen LogP contribution in [0.5, 0.6) is 0 Å². The van der Waals surface area contributed by atoms with E-state index in [1.165, 1.54) is 22.7 Å². The Morgan fingerprint density at radius 2 is 1.96 bits per heavy atom. The molecule has 1 N–H and O–H groups in total. The fraction of sp³-hybridized carbons (Fsp3) is 0.222. The average molecular weight is 387 g/mol. The van der Waals surface area contributed by atoms with E-state index in [1.54, 1.807) is 12.3 Å². The minimum absolute atomic E-state index is 0.186. The molecule has 3 aromatic rings. The van der Waals surface area contributed by atoms with E-state index in [9.17, 15) is 9.59 Å². The van der Waals surface area contributed by atoms with Crippen molar-refractivity contribution in [2.24, 2.45) is 0 Å². The number of nitrogens with zero attached hydrogens (tertiary/aromatic N) is 2. The normalized spacial score (nSPS) is 10.5. The molecule has 2 aromatic heterocycles. The van der Waals surface area contributed by atoms with Crippen LogP contribution in [0.15, 0.2) is 35.7 Å². The summed E-state index contributed by atoms with van der Waals surface area (Å²) in [5, 5.41) is 5.45. The van der Waals surface area contributed by atoms with Gasteiger partial charge in [0.15, 0.2) is 10.8 Å². The van der Waals surface area contributed by atoms with Crippen LogP contribution in [0.4, 0.5) is 5.13 Å². The fourth-order valence-corrected chi connectivity index (χ4v) is 3.98. The first-order valence-corrected chi connectivity index (χ1v) is 9.70. The van der Waals surface area contributed by atoms with Crippen LogP contribution in [0.2, 0.25) is 0 Å². The number of amides is 1. The lowest BCUT2D eigenvalue weighted by molar-refractivity contribution is 0.0520. The summed E-state index contributed by atoms with van der Waals surface area (Å²) < 4.78 is 4.90. The van der Waals surface area contributed by atoms with Crippen LogP contribution >= 0.6 is 22.7 Å². The Morgan fingerprint density at radius 3 is 2.69 bits per heavy atom. The van der Waals surface area contributed by atoms with Crippen molar-refractivity contribution in [1.82, 2.24) is 9.97 Å². The highest BCUT2D eigenvalue weighted by molar-refractivity contribution is 7.14. The number of benzene rings is 1. The standard InChI is InChI=1S/C18H17N3O3S2/c1-3-24-17(23)13-10-25-18(20-13)21-16(22)15-14(26-11(2)19-15)9-12-7-5-4-6-8-12/h4-8,10H,3,9H2,1-2H3,(H,20,21,22). The Morgan fingerprint density at radius 1 is 1.19 bits per heavy atom. The second kappa shape index (κ2) is 8.20. The molecule has 2 heterocycles. The molecule has 0 aliphatic rings. The summed E-state index contributed by atoms with van der Waals surface area (Å²) in [6.45, 7) is 3.88. The maximum atomic E-state index is 12.6. The number of aromatic nitrogens is 2. The minimum atomic E-state index is -0.501. The number of rotatable bonds is 6. The summed E-state index contributed by atoms with van der Waals surface area (Å²) in [5.41, 5.74) is 1.69. The zero-order valence-corrected chi connectivity index (χ0v) is 15.9. The molecule has 134 valence electrons. The molecule has 0 saturated carbocycles. The van der Waals surface area contributed by atoms with Crippen molar-refractivity contribution in [1.29, 1.82) is 0 Å². The van der Waals surface area contributed by atoms with Gasteiger partial charge in [-0.2, -0.15) is 0 Å². The lowest BCUT2D eigenvalue weighted by Crippen LogP contribution is -2.14. The fourth-order valence-electron chi connectivity index (χ4n) is 2.33. The van der Waals surface area contributed by atoms with Crippen LogP contribution in [0, 0.1) is 6.92 Å². The molecule has 0 saturated heterocycles. The number of nitrogens with one attached hydrogen (secondary N) is 1. The molecular weight excluding hydrogens is 370 g/mol. The molecule has 26 heavy (non-hydrogen) atoms. The van der Waals surface area contributed by atoms with Crippen LogP contribution in [0.3, 0.4) is 0 Å². The topological polar surface area (TPSA) is 81.2 Å². The Kier molecular flexibility index (Phi) is 5.75. The first kappa shape index (κ1) is 18.2. The molecule has 0 aliphatic carbocycles. The number of esters is 1. The number of thiazole rings is 2. The number of aryl methyl sites for hydroxylation is 1. The third-order valence-electron chi connectivity index (χ3n) is 3.44. The van der Waals surface area contributed by atoms with Gasteiger partial charge in [0.1, 0.15) is 5.69 Å². The highest BCUT2D eigenvalue weighted by atomic mass is 32.1. The van der Waals surface area contributed by atoms with Gasteiger partial charge in [-0.25, -0.2) is 14.8 Å². The van der Waals surface area contributed by atoms with Crippen LogP contribution in [-0.4, -0.2) is 28.5 Å². The van der Waals surface area contributed by atoms with Gasteiger partial charge in [-0.1, -0.05) is 30.3 Å². The number of ether oxygens (including phenoxy) is 1. The van der Waals surface area contributed by atoms with Crippen LogP contribution < -0.4 is 5.32 Å². The van der Waals surface area contributed by atoms with E-state index < -0.39 is 5.97 Å². The van der Waals surface area contributed by atoms with Gasteiger partial charge in [-0.05, 0) is 19.4 Å². The monoisotopic (exact) mass is 387 g/mol. The van der Waals surface area contributed by atoms with E-state index in [0.717, 1.165) is 15.4 Å². The average Bonchev–Trinajstić information content (AvgIpc) is 3.23. The Labute approximate surface area is 158 Å². The zero-order chi connectivity index (χ0) is 18.5. The van der Waals surface area contributed by atoms with Gasteiger partial charge in [-0.15, -0.1) is 22.7 Å². The molecule has 1 amide bonds. The highest BCUT2D eigenvalue weighted by Gasteiger charge is 2.19. The van der Waals surface area contributed by atoms with Gasteiger partial charge >= 0.3 is 5.97 Å². The maximum absolute atomic E-state index is 12.6. The summed E-state index contributed by atoms with van der Waals surface area (Å²) in [4.78, 5) is 33.7. The molecule has 0 aliphatic heterocycles. The van der Waals surface area contributed by atoms with E-state index >= 15 is 0 Å². The van der Waals surface area contributed by atoms with Crippen molar-refractivity contribution < 1.29 is 14.3 Å². The largest absolute Gasteiger partial charge is 0.461 e. The van der Waals surface area contributed by atoms with Gasteiger partial charge in [0, 0.05) is 16.7 Å². The Balaban J connectivity index is 1.75. The zero-order valence-electron chi connectivity index (χ0n) is 14.3. The SMILES string of the molecule is CCOC(=O)c1csc(NC(=O)c2nc(C)sc2Cc2ccccc2)n1. The predicted octanol–water partition coefficient (Wildman–Crippen LogP) is 3.93. The lowest BCUT2D eigenvalue weighted by Gasteiger charge is -2.03. The van der Waals surface area contributed by atoms with Crippen molar-refractivity contribution in [2.45, 2.75) is 20.3 Å². The molecule has 0 fully saturated rings. The van der Waals surface area contributed by atoms with Gasteiger partial charge in [0.2, 0.25) is 0 Å². The van der Waals surface area contributed by atoms with Crippen molar-refractivity contribution in [3.63, 3.8) is 0 Å². The van der Waals surface area contributed by atoms with Gasteiger partial charge in [-0.3, -0.25) is 10.1 Å². The van der Waals surface area contributed by atoms with Crippen LogP contribution in [-0.2, 0) is 11.2 Å². The van der Waals surface area contributed by atoms with Gasteiger partial charge in [0.25, 0.3) is 5.91 Å². The van der Waals surface area contributed by atoms with E-state index in [4.69, 9.17) is 4.74 Å². The smallest absolute Gasteiger partial charge is 0.357 e. The molecule has 0 bridgehead atoms. The lowest BCUT2D eigenvalue weighted by atomic mass is 10.1. The molecule has 0 unspecified atom stereocenters. The summed E-state index contributed by atoms with van der Waals surface area (Å²) >= 11 is 2.68. The predicted molar refractivity (Wildman–Crippen MR) is 102 cm³/mol. The summed E-state index contributed by atoms with van der Waals surface area (Å²) in [5.74, 6) is -0.830. The van der Waals surface area contributed by atoms with Crippen LogP contribution in [0.25, 0.3) is 0 Å². The maximum Gasteiger partial charge on any atom is 0.357 e. The second-order valence-electron chi connectivity index (χ2n) is 5.38. The van der Waals surface area contributed by atoms with Crippen molar-refractivity contribution in [2.75, 3.05) is 11.9 Å². The third-order valence-corrected chi connectivity index (χ3v) is 5.16. The van der Waals surface area contributed by atoms with Crippen molar-refractivity contribution in [3.05, 3.63) is 62.5 Å². The molecule has 3 rings (SSSR count). The first-order chi connectivity index (χ1) is 12.6. The molecule has 0 radical (unpaired) electrons. The Bertz CT molecular complexity index is 919. The quantitative estimate of drug-likeness (QED) is 0.648. The number of carbonyl (C=O) groups excluding carboxylic acids is 2. The molecule has 0 spiro atoms. The second-order valence-corrected chi connectivity index (χ2v) is 7.53. The molecule has 1 aromatic carbocycles. The van der Waals surface area contributed by atoms with Crippen LogP contribution in [0.1, 0.15) is 43.3 Å². The van der Waals surface area contributed by atoms with E-state index in [2.05, 4.69) is 15.3 Å². The number of hydrogen-bond acceptors (Lipinski definition) is 7. The van der Waals surface area contributed by atoms with Gasteiger partial charge < -0.3 is 4.74 Å². The van der Waals surface area contributed by atoms with E-state index in [0.29, 0.717) is 17.2 Å². The van der Waals surface area contributed by atoms with Gasteiger partial charge in [0.05, 0.1) is 11.6 Å². The summed E-state index contributed by atoms with van der Waals surface area (Å²) in [6, 6.07) is 9.93. The van der Waals surface area contributed by atoms with Crippen molar-refractivity contribution in [3.8, 4) is 0 Å². The number of carbonyl (C=O) groups is 2. The first-order valence-electron chi connectivity index (χ1n) is 8.01. The summed E-state index contributed by atoms with van der Waals surface area (Å²) in [7, 11) is 0.